The predicted octanol–water partition coefficient (Wildman–Crippen LogP) is 4.64. The fourth-order valence-electron chi connectivity index (χ4n) is 3.18. The Hall–Kier alpha value is -3.49. The zero-order valence-corrected chi connectivity index (χ0v) is 19.3. The van der Waals surface area contributed by atoms with Crippen LogP contribution in [0.15, 0.2) is 66.7 Å². The average Bonchev–Trinajstić information content (AvgIpc) is 2.81. The lowest BCUT2D eigenvalue weighted by Gasteiger charge is -2.19. The summed E-state index contributed by atoms with van der Waals surface area (Å²) in [6, 6.07) is 18.0. The Morgan fingerprint density at radius 3 is 2.21 bits per heavy atom. The van der Waals surface area contributed by atoms with E-state index in [1.807, 2.05) is 30.3 Å². The number of benzene rings is 3. The van der Waals surface area contributed by atoms with Crippen molar-refractivity contribution in [2.45, 2.75) is 26.2 Å². The van der Waals surface area contributed by atoms with E-state index in [4.69, 9.17) is 20.6 Å². The third-order valence-electron chi connectivity index (χ3n) is 4.87. The minimum atomic E-state index is -1.46. The van der Waals surface area contributed by atoms with Gasteiger partial charge in [-0.1, -0.05) is 54.6 Å². The second-order valence-corrected chi connectivity index (χ2v) is 7.24. The summed E-state index contributed by atoms with van der Waals surface area (Å²) in [6.07, 6.45) is -1.46. The number of amides is 1. The van der Waals surface area contributed by atoms with Crippen molar-refractivity contribution >= 4 is 24.1 Å². The van der Waals surface area contributed by atoms with Gasteiger partial charge in [-0.15, -0.1) is 12.4 Å². The van der Waals surface area contributed by atoms with Crippen molar-refractivity contribution in [2.75, 3.05) is 6.61 Å². The van der Waals surface area contributed by atoms with Gasteiger partial charge in [0.1, 0.15) is 29.8 Å². The molecule has 3 aromatic carbocycles. The monoisotopic (exact) mass is 489 g/mol. The highest BCUT2D eigenvalue weighted by Crippen LogP contribution is 2.29. The SMILES string of the molecule is CCO[C@H](C(=O)NCc1ccc(C(=N)N)cc1)c1c(F)cc(OCc2ccccc2)cc1F.Cl. The van der Waals surface area contributed by atoms with Gasteiger partial charge in [0.15, 0.2) is 6.10 Å². The Morgan fingerprint density at radius 1 is 1.03 bits per heavy atom. The topological polar surface area (TPSA) is 97.4 Å². The summed E-state index contributed by atoms with van der Waals surface area (Å²) < 4.78 is 40.6. The maximum atomic E-state index is 14.8. The highest BCUT2D eigenvalue weighted by Gasteiger charge is 2.28. The Morgan fingerprint density at radius 2 is 1.65 bits per heavy atom. The molecule has 1 atom stereocenters. The third-order valence-corrected chi connectivity index (χ3v) is 4.87. The van der Waals surface area contributed by atoms with E-state index in [-0.39, 0.29) is 43.8 Å². The number of carbonyl (C=O) groups excluding carboxylic acids is 1. The second-order valence-electron chi connectivity index (χ2n) is 7.24. The van der Waals surface area contributed by atoms with Crippen molar-refractivity contribution < 1.29 is 23.0 Å². The van der Waals surface area contributed by atoms with Crippen molar-refractivity contribution in [3.8, 4) is 5.75 Å². The summed E-state index contributed by atoms with van der Waals surface area (Å²) in [5.41, 5.74) is 7.08. The Balaban J connectivity index is 0.00000408. The van der Waals surface area contributed by atoms with Gasteiger partial charge >= 0.3 is 0 Å². The first-order valence-electron chi connectivity index (χ1n) is 10.4. The maximum Gasteiger partial charge on any atom is 0.254 e. The number of rotatable bonds is 10. The summed E-state index contributed by atoms with van der Waals surface area (Å²) in [7, 11) is 0. The van der Waals surface area contributed by atoms with Gasteiger partial charge in [-0.2, -0.15) is 0 Å². The van der Waals surface area contributed by atoms with Gasteiger partial charge in [-0.05, 0) is 18.1 Å². The molecule has 4 N–H and O–H groups in total. The van der Waals surface area contributed by atoms with Crippen LogP contribution in [0.25, 0.3) is 0 Å². The van der Waals surface area contributed by atoms with Crippen molar-refractivity contribution in [3.05, 3.63) is 101 Å². The molecule has 0 saturated heterocycles. The minimum Gasteiger partial charge on any atom is -0.489 e. The van der Waals surface area contributed by atoms with Crippen LogP contribution in [0.3, 0.4) is 0 Å². The molecule has 0 fully saturated rings. The maximum absolute atomic E-state index is 14.8. The van der Waals surface area contributed by atoms with E-state index in [2.05, 4.69) is 5.32 Å². The van der Waals surface area contributed by atoms with Gasteiger partial charge in [0.2, 0.25) is 0 Å². The van der Waals surface area contributed by atoms with Gasteiger partial charge in [0.25, 0.3) is 5.91 Å². The summed E-state index contributed by atoms with van der Waals surface area (Å²) >= 11 is 0. The van der Waals surface area contributed by atoms with Gasteiger partial charge in [-0.3, -0.25) is 10.2 Å². The van der Waals surface area contributed by atoms with Gasteiger partial charge in [-0.25, -0.2) is 8.78 Å². The van der Waals surface area contributed by atoms with Gasteiger partial charge in [0, 0.05) is 30.8 Å². The summed E-state index contributed by atoms with van der Waals surface area (Å²) in [4.78, 5) is 12.7. The number of amidine groups is 1. The number of halogens is 3. The molecule has 6 nitrogen and oxygen atoms in total. The molecule has 180 valence electrons. The minimum absolute atomic E-state index is 0. The Bertz CT molecular complexity index is 1090. The molecule has 0 aliphatic rings. The fourth-order valence-corrected chi connectivity index (χ4v) is 3.18. The van der Waals surface area contributed by atoms with Crippen molar-refractivity contribution in [1.82, 2.24) is 5.32 Å². The zero-order valence-electron chi connectivity index (χ0n) is 18.5. The number of carbonyl (C=O) groups is 1. The van der Waals surface area contributed by atoms with Crippen LogP contribution in [-0.4, -0.2) is 18.3 Å². The Kier molecular flexibility index (Phi) is 9.97. The lowest BCUT2D eigenvalue weighted by molar-refractivity contribution is -0.133. The van der Waals surface area contributed by atoms with E-state index >= 15 is 0 Å². The van der Waals surface area contributed by atoms with E-state index in [0.29, 0.717) is 5.56 Å². The molecule has 34 heavy (non-hydrogen) atoms. The van der Waals surface area contributed by atoms with Crippen LogP contribution < -0.4 is 15.8 Å². The molecular weight excluding hydrogens is 464 g/mol. The van der Waals surface area contributed by atoms with Crippen molar-refractivity contribution in [2.24, 2.45) is 5.73 Å². The van der Waals surface area contributed by atoms with E-state index in [1.165, 1.54) is 0 Å². The van der Waals surface area contributed by atoms with Crippen molar-refractivity contribution in [3.63, 3.8) is 0 Å². The van der Waals surface area contributed by atoms with Gasteiger partial charge < -0.3 is 20.5 Å². The third kappa shape index (κ3) is 7.00. The standard InChI is InChI=1S/C25H25F2N3O3.ClH/c1-2-32-23(25(31)30-14-16-8-10-18(11-9-16)24(28)29)22-20(26)12-19(13-21(22)27)33-15-17-6-4-3-5-7-17;/h3-13,23H,2,14-15H2,1H3,(H3,28,29)(H,30,31);1H/t23-;/m0./s1. The van der Waals surface area contributed by atoms with E-state index in [1.54, 1.807) is 31.2 Å². The van der Waals surface area contributed by atoms with Crippen LogP contribution in [0.4, 0.5) is 8.78 Å². The number of hydrogen-bond acceptors (Lipinski definition) is 4. The lowest BCUT2D eigenvalue weighted by Crippen LogP contribution is -2.31. The summed E-state index contributed by atoms with van der Waals surface area (Å²) in [5, 5.41) is 10.0. The molecule has 0 aliphatic carbocycles. The molecule has 9 heteroatoms. The molecule has 3 rings (SSSR count). The highest BCUT2D eigenvalue weighted by molar-refractivity contribution is 5.94. The normalized spacial score (nSPS) is 11.3. The first kappa shape index (κ1) is 26.8. The Labute approximate surface area is 203 Å². The molecule has 0 saturated carbocycles. The lowest BCUT2D eigenvalue weighted by atomic mass is 10.1. The molecule has 0 heterocycles. The quantitative estimate of drug-likeness (QED) is 0.285. The smallest absolute Gasteiger partial charge is 0.254 e. The van der Waals surface area contributed by atoms with Crippen LogP contribution >= 0.6 is 12.4 Å². The molecular formula is C25H26ClF2N3O3. The molecule has 3 aromatic rings. The van der Waals surface area contributed by atoms with Crippen molar-refractivity contribution in [1.29, 1.82) is 5.41 Å². The van der Waals surface area contributed by atoms with E-state index < -0.39 is 29.2 Å². The molecule has 0 aliphatic heterocycles. The molecule has 0 aromatic heterocycles. The average molecular weight is 490 g/mol. The molecule has 0 unspecified atom stereocenters. The first-order chi connectivity index (χ1) is 15.9. The first-order valence-corrected chi connectivity index (χ1v) is 10.4. The summed E-state index contributed by atoms with van der Waals surface area (Å²) in [5.74, 6) is -2.60. The number of hydrogen-bond donors (Lipinski definition) is 3. The van der Waals surface area contributed by atoms with Crippen LogP contribution in [-0.2, 0) is 22.7 Å². The summed E-state index contributed by atoms with van der Waals surface area (Å²) in [6.45, 7) is 1.98. The second kappa shape index (κ2) is 12.7. The highest BCUT2D eigenvalue weighted by atomic mass is 35.5. The van der Waals surface area contributed by atoms with Crippen LogP contribution in [0.5, 0.6) is 5.75 Å². The number of nitrogen functional groups attached to an aromatic ring is 1. The number of nitrogens with two attached hydrogens (primary N) is 1. The largest absolute Gasteiger partial charge is 0.489 e. The van der Waals surface area contributed by atoms with E-state index in [9.17, 15) is 13.6 Å². The van der Waals surface area contributed by atoms with Crippen LogP contribution in [0, 0.1) is 17.0 Å². The van der Waals surface area contributed by atoms with Gasteiger partial charge in [0.05, 0.1) is 5.56 Å². The molecule has 0 radical (unpaired) electrons. The van der Waals surface area contributed by atoms with Crippen LogP contribution in [0.1, 0.15) is 35.3 Å². The zero-order chi connectivity index (χ0) is 23.8. The molecule has 1 amide bonds. The number of nitrogens with one attached hydrogen (secondary N) is 2. The fraction of sp³-hybridized carbons (Fsp3) is 0.200. The number of ether oxygens (including phenoxy) is 2. The molecule has 0 spiro atoms. The van der Waals surface area contributed by atoms with Crippen LogP contribution in [0.2, 0.25) is 0 Å². The van der Waals surface area contributed by atoms with E-state index in [0.717, 1.165) is 23.3 Å². The molecule has 0 bridgehead atoms. The predicted molar refractivity (Wildman–Crippen MR) is 128 cm³/mol.